The van der Waals surface area contributed by atoms with Crippen LogP contribution in [0.15, 0.2) is 91.0 Å². The van der Waals surface area contributed by atoms with Gasteiger partial charge in [-0.3, -0.25) is 0 Å². The van der Waals surface area contributed by atoms with Gasteiger partial charge in [0.05, 0.1) is 11.0 Å². The Hall–Kier alpha value is -3.30. The number of fused-ring (bicyclic) bond motifs is 2. The van der Waals surface area contributed by atoms with Crippen molar-refractivity contribution in [3.8, 4) is 5.75 Å². The van der Waals surface area contributed by atoms with Crippen molar-refractivity contribution >= 4 is 33.4 Å². The number of halogens is 1. The minimum absolute atomic E-state index is 0.392. The highest BCUT2D eigenvalue weighted by atomic mass is 35.5. The van der Waals surface area contributed by atoms with Crippen molar-refractivity contribution in [3.63, 3.8) is 0 Å². The average molecular weight is 399 g/mol. The number of ether oxygens (including phenoxy) is 1. The van der Waals surface area contributed by atoms with Crippen molar-refractivity contribution in [2.45, 2.75) is 13.2 Å². The van der Waals surface area contributed by atoms with Gasteiger partial charge in [-0.25, -0.2) is 4.98 Å². The number of aromatic nitrogens is 2. The summed E-state index contributed by atoms with van der Waals surface area (Å²) in [6.45, 7) is 1.08. The van der Waals surface area contributed by atoms with Gasteiger partial charge in [-0.05, 0) is 41.3 Å². The van der Waals surface area contributed by atoms with Gasteiger partial charge in [0.15, 0.2) is 0 Å². The van der Waals surface area contributed by atoms with Crippen LogP contribution in [-0.2, 0) is 13.2 Å². The Morgan fingerprint density at radius 3 is 2.55 bits per heavy atom. The molecule has 0 atom stereocenters. The van der Waals surface area contributed by atoms with Gasteiger partial charge in [-0.1, -0.05) is 72.3 Å². The number of imidazole rings is 1. The van der Waals surface area contributed by atoms with Crippen LogP contribution in [0.4, 0.5) is 0 Å². The number of nitrogens with zero attached hydrogens (tertiary/aromatic N) is 2. The van der Waals surface area contributed by atoms with E-state index in [-0.39, 0.29) is 0 Å². The monoisotopic (exact) mass is 398 g/mol. The van der Waals surface area contributed by atoms with Crippen molar-refractivity contribution < 1.29 is 4.74 Å². The van der Waals surface area contributed by atoms with Gasteiger partial charge in [0.25, 0.3) is 0 Å². The zero-order valence-electron chi connectivity index (χ0n) is 15.8. The molecular weight excluding hydrogens is 380 g/mol. The Morgan fingerprint density at radius 2 is 1.62 bits per heavy atom. The summed E-state index contributed by atoms with van der Waals surface area (Å²) in [5.41, 5.74) is 3.18. The molecule has 5 aromatic rings. The zero-order chi connectivity index (χ0) is 19.6. The summed E-state index contributed by atoms with van der Waals surface area (Å²) in [7, 11) is 0. The second kappa shape index (κ2) is 7.61. The summed E-state index contributed by atoms with van der Waals surface area (Å²) in [5, 5.41) is 3.01. The molecular formula is C25H19ClN2O. The first-order valence-corrected chi connectivity index (χ1v) is 9.95. The van der Waals surface area contributed by atoms with Crippen molar-refractivity contribution in [3.05, 3.63) is 107 Å². The largest absolute Gasteiger partial charge is 0.485 e. The molecule has 0 saturated carbocycles. The molecule has 4 aromatic carbocycles. The highest BCUT2D eigenvalue weighted by molar-refractivity contribution is 6.30. The van der Waals surface area contributed by atoms with Crippen LogP contribution in [0.2, 0.25) is 5.02 Å². The van der Waals surface area contributed by atoms with Crippen LogP contribution in [0.5, 0.6) is 5.75 Å². The lowest BCUT2D eigenvalue weighted by Crippen LogP contribution is -2.08. The normalized spacial score (nSPS) is 11.2. The topological polar surface area (TPSA) is 27.1 Å². The molecule has 5 rings (SSSR count). The van der Waals surface area contributed by atoms with E-state index in [1.54, 1.807) is 0 Å². The molecule has 3 nitrogen and oxygen atoms in total. The first kappa shape index (κ1) is 17.8. The summed E-state index contributed by atoms with van der Waals surface area (Å²) < 4.78 is 8.43. The third kappa shape index (κ3) is 3.57. The smallest absolute Gasteiger partial charge is 0.148 e. The second-order valence-electron chi connectivity index (χ2n) is 7.00. The number of para-hydroxylation sites is 2. The Kier molecular flexibility index (Phi) is 4.66. The number of hydrogen-bond donors (Lipinski definition) is 0. The zero-order valence-corrected chi connectivity index (χ0v) is 16.5. The van der Waals surface area contributed by atoms with E-state index in [2.05, 4.69) is 34.9 Å². The summed E-state index contributed by atoms with van der Waals surface area (Å²) in [4.78, 5) is 4.83. The minimum atomic E-state index is 0.392. The maximum atomic E-state index is 6.23. The van der Waals surface area contributed by atoms with Gasteiger partial charge in [0, 0.05) is 17.0 Å². The number of hydrogen-bond acceptors (Lipinski definition) is 2. The lowest BCUT2D eigenvalue weighted by Gasteiger charge is -2.12. The molecule has 0 saturated heterocycles. The van der Waals surface area contributed by atoms with Gasteiger partial charge in [-0.15, -0.1) is 0 Å². The summed E-state index contributed by atoms with van der Waals surface area (Å²) in [6, 6.07) is 30.5. The molecule has 0 spiro atoms. The highest BCUT2D eigenvalue weighted by Crippen LogP contribution is 2.27. The maximum Gasteiger partial charge on any atom is 0.148 e. The Bertz CT molecular complexity index is 1300. The molecule has 1 heterocycles. The van der Waals surface area contributed by atoms with E-state index in [9.17, 15) is 0 Å². The van der Waals surface area contributed by atoms with Gasteiger partial charge in [0.1, 0.15) is 18.2 Å². The van der Waals surface area contributed by atoms with E-state index >= 15 is 0 Å². The van der Waals surface area contributed by atoms with Crippen LogP contribution in [0.25, 0.3) is 21.8 Å². The predicted molar refractivity (Wildman–Crippen MR) is 119 cm³/mol. The fourth-order valence-corrected chi connectivity index (χ4v) is 3.91. The summed E-state index contributed by atoms with van der Waals surface area (Å²) in [6.07, 6.45) is 0. The summed E-state index contributed by atoms with van der Waals surface area (Å²) in [5.74, 6) is 1.75. The molecule has 0 unspecified atom stereocenters. The molecule has 0 aliphatic rings. The average Bonchev–Trinajstić information content (AvgIpc) is 3.10. The van der Waals surface area contributed by atoms with Crippen LogP contribution in [0.1, 0.15) is 11.4 Å². The first-order chi connectivity index (χ1) is 14.3. The predicted octanol–water partition coefficient (Wildman–Crippen LogP) is 6.47. The van der Waals surface area contributed by atoms with E-state index in [0.717, 1.165) is 44.0 Å². The summed E-state index contributed by atoms with van der Waals surface area (Å²) >= 11 is 6.19. The van der Waals surface area contributed by atoms with Gasteiger partial charge >= 0.3 is 0 Å². The first-order valence-electron chi connectivity index (χ1n) is 9.57. The quantitative estimate of drug-likeness (QED) is 0.339. The lowest BCUT2D eigenvalue weighted by molar-refractivity contribution is 0.295. The van der Waals surface area contributed by atoms with Crippen LogP contribution in [0.3, 0.4) is 0 Å². The van der Waals surface area contributed by atoms with Gasteiger partial charge < -0.3 is 9.30 Å². The molecule has 142 valence electrons. The van der Waals surface area contributed by atoms with E-state index in [1.165, 1.54) is 0 Å². The van der Waals surface area contributed by atoms with E-state index in [1.807, 2.05) is 60.7 Å². The SMILES string of the molecule is Clc1cccc(Cn2c(COc3cccc4ccccc34)nc3ccccc32)c1. The molecule has 0 fully saturated rings. The maximum absolute atomic E-state index is 6.23. The Balaban J connectivity index is 1.51. The molecule has 0 aliphatic heterocycles. The van der Waals surface area contributed by atoms with Crippen molar-refractivity contribution in [1.29, 1.82) is 0 Å². The Labute approximate surface area is 174 Å². The standard InChI is InChI=1S/C25H19ClN2O/c26-20-10-5-7-18(15-20)16-28-23-13-4-3-12-22(23)27-25(28)17-29-24-14-6-9-19-8-1-2-11-21(19)24/h1-15H,16-17H2. The van der Waals surface area contributed by atoms with Crippen LogP contribution in [0, 0.1) is 0 Å². The Morgan fingerprint density at radius 1 is 0.828 bits per heavy atom. The third-order valence-corrected chi connectivity index (χ3v) is 5.30. The third-order valence-electron chi connectivity index (χ3n) is 5.07. The molecule has 4 heteroatoms. The van der Waals surface area contributed by atoms with Crippen molar-refractivity contribution in [2.75, 3.05) is 0 Å². The number of rotatable bonds is 5. The van der Waals surface area contributed by atoms with Gasteiger partial charge in [0.2, 0.25) is 0 Å². The van der Waals surface area contributed by atoms with E-state index < -0.39 is 0 Å². The molecule has 0 radical (unpaired) electrons. The van der Waals surface area contributed by atoms with Crippen LogP contribution >= 0.6 is 11.6 Å². The molecule has 0 bridgehead atoms. The molecule has 0 aliphatic carbocycles. The van der Waals surface area contributed by atoms with Crippen LogP contribution in [-0.4, -0.2) is 9.55 Å². The second-order valence-corrected chi connectivity index (χ2v) is 7.44. The van der Waals surface area contributed by atoms with Crippen molar-refractivity contribution in [1.82, 2.24) is 9.55 Å². The van der Waals surface area contributed by atoms with Gasteiger partial charge in [-0.2, -0.15) is 0 Å². The van der Waals surface area contributed by atoms with E-state index in [0.29, 0.717) is 13.2 Å². The fourth-order valence-electron chi connectivity index (χ4n) is 3.69. The molecule has 1 aromatic heterocycles. The molecule has 29 heavy (non-hydrogen) atoms. The van der Waals surface area contributed by atoms with E-state index in [4.69, 9.17) is 21.3 Å². The molecule has 0 amide bonds. The highest BCUT2D eigenvalue weighted by Gasteiger charge is 2.12. The number of benzene rings is 4. The fraction of sp³-hybridized carbons (Fsp3) is 0.0800. The molecule has 0 N–H and O–H groups in total. The van der Waals surface area contributed by atoms with Crippen LogP contribution < -0.4 is 4.74 Å². The minimum Gasteiger partial charge on any atom is -0.485 e. The lowest BCUT2D eigenvalue weighted by atomic mass is 10.1. The van der Waals surface area contributed by atoms with Crippen molar-refractivity contribution in [2.24, 2.45) is 0 Å².